The smallest absolute Gasteiger partial charge is 0.259 e. The summed E-state index contributed by atoms with van der Waals surface area (Å²) in [7, 11) is 0. The minimum atomic E-state index is -0.981. The van der Waals surface area contributed by atoms with Crippen LogP contribution in [-0.2, 0) is 6.54 Å². The molecule has 1 atom stereocenters. The van der Waals surface area contributed by atoms with Crippen molar-refractivity contribution in [2.75, 3.05) is 26.2 Å². The Bertz CT molecular complexity index is 994. The fraction of sp³-hybridized carbons (Fsp3) is 0.304. The van der Waals surface area contributed by atoms with Crippen molar-refractivity contribution in [3.8, 4) is 11.3 Å². The molecule has 1 aromatic heterocycles. The third-order valence-electron chi connectivity index (χ3n) is 5.34. The Hall–Kier alpha value is -3.03. The third kappa shape index (κ3) is 4.27. The van der Waals surface area contributed by atoms with Gasteiger partial charge >= 0.3 is 0 Å². The monoisotopic (exact) mass is 409 g/mol. The van der Waals surface area contributed by atoms with E-state index in [0.717, 1.165) is 19.6 Å². The summed E-state index contributed by atoms with van der Waals surface area (Å²) in [4.78, 5) is 17.4. The van der Waals surface area contributed by atoms with Crippen LogP contribution in [0.15, 0.2) is 59.1 Å². The Morgan fingerprint density at radius 1 is 1.10 bits per heavy atom. The van der Waals surface area contributed by atoms with E-state index in [0.29, 0.717) is 24.3 Å². The maximum absolute atomic E-state index is 13.3. The molecule has 2 aromatic carbocycles. The number of hydrogen-bond acceptors (Lipinski definition) is 5. The lowest BCUT2D eigenvalue weighted by atomic mass is 10.0. The number of amides is 1. The molecular formula is C23H24FN3O3. The van der Waals surface area contributed by atoms with E-state index in [1.807, 2.05) is 18.2 Å². The molecule has 0 spiro atoms. The number of nitrogens with zero attached hydrogens (tertiary/aromatic N) is 3. The van der Waals surface area contributed by atoms with E-state index >= 15 is 0 Å². The highest BCUT2D eigenvalue weighted by atomic mass is 19.1. The van der Waals surface area contributed by atoms with Crippen molar-refractivity contribution in [1.29, 1.82) is 0 Å². The molecule has 1 amide bonds. The van der Waals surface area contributed by atoms with Crippen molar-refractivity contribution in [1.82, 2.24) is 15.0 Å². The molecule has 30 heavy (non-hydrogen) atoms. The van der Waals surface area contributed by atoms with Crippen LogP contribution in [0.5, 0.6) is 0 Å². The first kappa shape index (κ1) is 20.3. The highest BCUT2D eigenvalue weighted by molar-refractivity contribution is 6.01. The third-order valence-corrected chi connectivity index (χ3v) is 5.34. The van der Waals surface area contributed by atoms with Gasteiger partial charge in [0.05, 0.1) is 0 Å². The van der Waals surface area contributed by atoms with Gasteiger partial charge in [-0.3, -0.25) is 9.69 Å². The first-order valence-electron chi connectivity index (χ1n) is 10.0. The van der Waals surface area contributed by atoms with E-state index in [9.17, 15) is 14.3 Å². The van der Waals surface area contributed by atoms with Gasteiger partial charge in [-0.2, -0.15) is 0 Å². The Morgan fingerprint density at radius 2 is 1.77 bits per heavy atom. The van der Waals surface area contributed by atoms with E-state index in [1.165, 1.54) is 24.6 Å². The predicted molar refractivity (Wildman–Crippen MR) is 110 cm³/mol. The van der Waals surface area contributed by atoms with Gasteiger partial charge in [-0.05, 0) is 36.8 Å². The molecule has 1 saturated heterocycles. The van der Waals surface area contributed by atoms with Crippen molar-refractivity contribution < 1.29 is 18.8 Å². The molecular weight excluding hydrogens is 385 g/mol. The highest BCUT2D eigenvalue weighted by Crippen LogP contribution is 2.30. The highest BCUT2D eigenvalue weighted by Gasteiger charge is 2.31. The molecule has 0 unspecified atom stereocenters. The van der Waals surface area contributed by atoms with Crippen LogP contribution in [0, 0.1) is 5.82 Å². The molecule has 1 aliphatic rings. The fourth-order valence-corrected chi connectivity index (χ4v) is 3.71. The molecule has 1 aliphatic heterocycles. The van der Waals surface area contributed by atoms with Crippen LogP contribution in [0.3, 0.4) is 0 Å². The van der Waals surface area contributed by atoms with Crippen LogP contribution in [0.1, 0.15) is 34.7 Å². The number of benzene rings is 2. The topological polar surface area (TPSA) is 69.8 Å². The summed E-state index contributed by atoms with van der Waals surface area (Å²) in [5.74, 6) is -0.475. The van der Waals surface area contributed by atoms with Gasteiger partial charge in [0.15, 0.2) is 5.76 Å². The summed E-state index contributed by atoms with van der Waals surface area (Å²) in [5, 5.41) is 14.1. The lowest BCUT2D eigenvalue weighted by Gasteiger charge is -2.34. The molecule has 4 rings (SSSR count). The fourth-order valence-electron chi connectivity index (χ4n) is 3.71. The van der Waals surface area contributed by atoms with E-state index < -0.39 is 6.10 Å². The number of halogens is 1. The maximum Gasteiger partial charge on any atom is 0.259 e. The second-order valence-electron chi connectivity index (χ2n) is 7.51. The minimum Gasteiger partial charge on any atom is -0.385 e. The number of carbonyl (C=O) groups excluding carboxylic acids is 1. The second-order valence-corrected chi connectivity index (χ2v) is 7.51. The lowest BCUT2D eigenvalue weighted by molar-refractivity contribution is 0.0619. The Kier molecular flexibility index (Phi) is 5.92. The Labute approximate surface area is 174 Å². The molecule has 0 bridgehead atoms. The van der Waals surface area contributed by atoms with E-state index in [1.54, 1.807) is 17.0 Å². The van der Waals surface area contributed by atoms with Gasteiger partial charge < -0.3 is 14.5 Å². The van der Waals surface area contributed by atoms with Gasteiger partial charge in [0.2, 0.25) is 0 Å². The van der Waals surface area contributed by atoms with Gasteiger partial charge in [0.25, 0.3) is 5.91 Å². The molecule has 0 radical (unpaired) electrons. The van der Waals surface area contributed by atoms with Crippen LogP contribution < -0.4 is 0 Å². The normalized spacial score (nSPS) is 15.9. The van der Waals surface area contributed by atoms with Crippen molar-refractivity contribution in [3.05, 3.63) is 77.3 Å². The summed E-state index contributed by atoms with van der Waals surface area (Å²) < 4.78 is 18.6. The van der Waals surface area contributed by atoms with E-state index in [-0.39, 0.29) is 23.0 Å². The number of aliphatic hydroxyl groups excluding tert-OH is 1. The molecule has 7 heteroatoms. The Morgan fingerprint density at radius 3 is 2.40 bits per heavy atom. The van der Waals surface area contributed by atoms with Gasteiger partial charge in [-0.25, -0.2) is 4.39 Å². The second kappa shape index (κ2) is 8.77. The average Bonchev–Trinajstić information content (AvgIpc) is 3.20. The van der Waals surface area contributed by atoms with Gasteiger partial charge in [-0.15, -0.1) is 0 Å². The zero-order valence-corrected chi connectivity index (χ0v) is 16.8. The SMILES string of the molecule is C[C@H](O)c1onc(-c2ccc(F)cc2)c1C(=O)N1CCN(Cc2ccccc2)CC1. The van der Waals surface area contributed by atoms with E-state index in [4.69, 9.17) is 4.52 Å². The summed E-state index contributed by atoms with van der Waals surface area (Å²) in [6.45, 7) is 5.01. The maximum atomic E-state index is 13.3. The Balaban J connectivity index is 1.52. The minimum absolute atomic E-state index is 0.131. The average molecular weight is 409 g/mol. The van der Waals surface area contributed by atoms with E-state index in [2.05, 4.69) is 22.2 Å². The van der Waals surface area contributed by atoms with Gasteiger partial charge in [0, 0.05) is 38.3 Å². The number of aromatic nitrogens is 1. The number of piperazine rings is 1. The lowest BCUT2D eigenvalue weighted by Crippen LogP contribution is -2.48. The number of hydrogen-bond donors (Lipinski definition) is 1. The summed E-state index contributed by atoms with van der Waals surface area (Å²) in [6, 6.07) is 16.0. The molecule has 2 heterocycles. The first-order valence-corrected chi connectivity index (χ1v) is 10.0. The summed E-state index contributed by atoms with van der Waals surface area (Å²) in [5.41, 5.74) is 2.38. The number of aliphatic hydroxyl groups is 1. The molecule has 1 N–H and O–H groups in total. The van der Waals surface area contributed by atoms with Crippen LogP contribution in [0.4, 0.5) is 4.39 Å². The standard InChI is InChI=1S/C23H24FN3O3/c1-16(28)22-20(21(25-30-22)18-7-9-19(24)10-8-18)23(29)27-13-11-26(12-14-27)15-17-5-3-2-4-6-17/h2-10,16,28H,11-15H2,1H3/t16-/m0/s1. The number of rotatable bonds is 5. The summed E-state index contributed by atoms with van der Waals surface area (Å²) in [6.07, 6.45) is -0.981. The molecule has 6 nitrogen and oxygen atoms in total. The zero-order valence-electron chi connectivity index (χ0n) is 16.8. The predicted octanol–water partition coefficient (Wildman–Crippen LogP) is 3.49. The van der Waals surface area contributed by atoms with Crippen molar-refractivity contribution in [2.45, 2.75) is 19.6 Å². The van der Waals surface area contributed by atoms with Crippen molar-refractivity contribution >= 4 is 5.91 Å². The summed E-state index contributed by atoms with van der Waals surface area (Å²) >= 11 is 0. The van der Waals surface area contributed by atoms with Gasteiger partial charge in [0.1, 0.15) is 23.2 Å². The molecule has 1 fully saturated rings. The van der Waals surface area contributed by atoms with Crippen LogP contribution in [0.25, 0.3) is 11.3 Å². The van der Waals surface area contributed by atoms with Crippen LogP contribution in [-0.4, -0.2) is 52.1 Å². The van der Waals surface area contributed by atoms with Crippen LogP contribution >= 0.6 is 0 Å². The van der Waals surface area contributed by atoms with Crippen molar-refractivity contribution in [3.63, 3.8) is 0 Å². The first-order chi connectivity index (χ1) is 14.5. The number of carbonyl (C=O) groups is 1. The molecule has 156 valence electrons. The molecule has 0 aliphatic carbocycles. The molecule has 3 aromatic rings. The quantitative estimate of drug-likeness (QED) is 0.699. The van der Waals surface area contributed by atoms with Gasteiger partial charge in [-0.1, -0.05) is 35.5 Å². The molecule has 0 saturated carbocycles. The largest absolute Gasteiger partial charge is 0.385 e. The zero-order chi connectivity index (χ0) is 21.1. The van der Waals surface area contributed by atoms with Crippen LogP contribution in [0.2, 0.25) is 0 Å². The van der Waals surface area contributed by atoms with Crippen molar-refractivity contribution in [2.24, 2.45) is 0 Å².